The molecule has 0 bridgehead atoms. The van der Waals surface area contributed by atoms with Crippen molar-refractivity contribution in [3.63, 3.8) is 0 Å². The highest BCUT2D eigenvalue weighted by Crippen LogP contribution is 2.29. The van der Waals surface area contributed by atoms with E-state index in [0.29, 0.717) is 23.6 Å². The Kier molecular flexibility index (Phi) is 4.44. The van der Waals surface area contributed by atoms with Crippen molar-refractivity contribution in [3.8, 4) is 11.3 Å². The summed E-state index contributed by atoms with van der Waals surface area (Å²) in [6, 6.07) is 12.6. The second-order valence-electron chi connectivity index (χ2n) is 5.91. The smallest absolute Gasteiger partial charge is 0.251 e. The number of hydrogen-bond acceptors (Lipinski definition) is 4. The molecule has 1 aromatic heterocycles. The molecule has 1 aliphatic heterocycles. The number of fused-ring (bicyclic) bond motifs is 1. The molecule has 2 heterocycles. The normalized spacial score (nSPS) is 12.6. The number of thiazole rings is 1. The first kappa shape index (κ1) is 16.8. The standard InChI is InChI=1S/C19H14ClN3O2S/c20-14-4-1-11(2-5-14)19(25)21-9-18-23-16(10-26-18)12-3-6-15-13(7-12)8-17(24)22-15/h1-7,10H,8-9H2,(H,21,25)(H,22,24). The van der Waals surface area contributed by atoms with E-state index in [2.05, 4.69) is 15.6 Å². The van der Waals surface area contributed by atoms with Gasteiger partial charge < -0.3 is 10.6 Å². The molecule has 0 radical (unpaired) electrons. The van der Waals surface area contributed by atoms with Gasteiger partial charge in [-0.25, -0.2) is 4.98 Å². The zero-order chi connectivity index (χ0) is 18.1. The third-order valence-electron chi connectivity index (χ3n) is 4.08. The Morgan fingerprint density at radius 2 is 2.04 bits per heavy atom. The van der Waals surface area contributed by atoms with E-state index in [1.807, 2.05) is 23.6 Å². The van der Waals surface area contributed by atoms with Crippen LogP contribution in [0.25, 0.3) is 11.3 Å². The Labute approximate surface area is 159 Å². The number of aromatic nitrogens is 1. The average molecular weight is 384 g/mol. The number of nitrogens with one attached hydrogen (secondary N) is 2. The van der Waals surface area contributed by atoms with Crippen LogP contribution >= 0.6 is 22.9 Å². The van der Waals surface area contributed by atoms with Gasteiger partial charge in [-0.15, -0.1) is 11.3 Å². The van der Waals surface area contributed by atoms with Crippen LogP contribution in [0.3, 0.4) is 0 Å². The van der Waals surface area contributed by atoms with Gasteiger partial charge in [-0.05, 0) is 42.0 Å². The van der Waals surface area contributed by atoms with E-state index in [9.17, 15) is 9.59 Å². The SMILES string of the molecule is O=C1Cc2cc(-c3csc(CNC(=O)c4ccc(Cl)cc4)n3)ccc2N1. The van der Waals surface area contributed by atoms with Gasteiger partial charge in [0.25, 0.3) is 5.91 Å². The Bertz CT molecular complexity index is 998. The molecular formula is C19H14ClN3O2S. The molecule has 0 saturated heterocycles. The molecule has 1 aliphatic rings. The average Bonchev–Trinajstić information content (AvgIpc) is 3.25. The van der Waals surface area contributed by atoms with E-state index in [1.54, 1.807) is 24.3 Å². The van der Waals surface area contributed by atoms with Gasteiger partial charge in [0.2, 0.25) is 5.91 Å². The van der Waals surface area contributed by atoms with E-state index in [1.165, 1.54) is 11.3 Å². The van der Waals surface area contributed by atoms with Crippen molar-refractivity contribution in [2.45, 2.75) is 13.0 Å². The molecule has 2 aromatic carbocycles. The molecule has 2 N–H and O–H groups in total. The van der Waals surface area contributed by atoms with E-state index in [0.717, 1.165) is 27.5 Å². The number of amides is 2. The van der Waals surface area contributed by atoms with Crippen molar-refractivity contribution in [2.75, 3.05) is 5.32 Å². The maximum absolute atomic E-state index is 12.1. The lowest BCUT2D eigenvalue weighted by atomic mass is 10.1. The van der Waals surface area contributed by atoms with Crippen molar-refractivity contribution in [1.82, 2.24) is 10.3 Å². The summed E-state index contributed by atoms with van der Waals surface area (Å²) in [5.74, 6) is -0.151. The summed E-state index contributed by atoms with van der Waals surface area (Å²) in [6.07, 6.45) is 0.400. The number of rotatable bonds is 4. The summed E-state index contributed by atoms with van der Waals surface area (Å²) in [5, 5.41) is 9.04. The molecule has 0 fully saturated rings. The molecule has 4 rings (SSSR count). The van der Waals surface area contributed by atoms with Crippen LogP contribution in [-0.2, 0) is 17.8 Å². The Morgan fingerprint density at radius 3 is 2.85 bits per heavy atom. The maximum Gasteiger partial charge on any atom is 0.251 e. The van der Waals surface area contributed by atoms with Crippen molar-refractivity contribution in [1.29, 1.82) is 0 Å². The van der Waals surface area contributed by atoms with Gasteiger partial charge in [-0.3, -0.25) is 9.59 Å². The molecule has 0 aliphatic carbocycles. The number of hydrogen-bond donors (Lipinski definition) is 2. The summed E-state index contributed by atoms with van der Waals surface area (Å²) in [4.78, 5) is 28.2. The summed E-state index contributed by atoms with van der Waals surface area (Å²) < 4.78 is 0. The van der Waals surface area contributed by atoms with Gasteiger partial charge >= 0.3 is 0 Å². The second-order valence-corrected chi connectivity index (χ2v) is 7.29. The topological polar surface area (TPSA) is 71.1 Å². The summed E-state index contributed by atoms with van der Waals surface area (Å²) >= 11 is 7.32. The van der Waals surface area contributed by atoms with Gasteiger partial charge in [0, 0.05) is 27.2 Å². The minimum Gasteiger partial charge on any atom is -0.346 e. The van der Waals surface area contributed by atoms with Crippen LogP contribution in [0.15, 0.2) is 47.8 Å². The van der Waals surface area contributed by atoms with Crippen LogP contribution < -0.4 is 10.6 Å². The van der Waals surface area contributed by atoms with Crippen LogP contribution in [0.2, 0.25) is 5.02 Å². The first-order chi connectivity index (χ1) is 12.6. The third-order valence-corrected chi connectivity index (χ3v) is 5.19. The van der Waals surface area contributed by atoms with Crippen LogP contribution in [0.1, 0.15) is 20.9 Å². The molecule has 2 amide bonds. The number of halogens is 1. The molecule has 0 spiro atoms. The van der Waals surface area contributed by atoms with Crippen LogP contribution in [0, 0.1) is 0 Å². The van der Waals surface area contributed by atoms with Crippen molar-refractivity contribution >= 4 is 40.4 Å². The number of carbonyl (C=O) groups is 2. The molecule has 0 saturated carbocycles. The minimum absolute atomic E-state index is 0.0148. The zero-order valence-electron chi connectivity index (χ0n) is 13.6. The number of benzene rings is 2. The lowest BCUT2D eigenvalue weighted by Gasteiger charge is -2.03. The highest BCUT2D eigenvalue weighted by atomic mass is 35.5. The van der Waals surface area contributed by atoms with E-state index < -0.39 is 0 Å². The predicted octanol–water partition coefficient (Wildman–Crippen LogP) is 3.89. The van der Waals surface area contributed by atoms with Crippen molar-refractivity contribution < 1.29 is 9.59 Å². The van der Waals surface area contributed by atoms with Gasteiger partial charge in [-0.2, -0.15) is 0 Å². The molecule has 130 valence electrons. The molecule has 0 unspecified atom stereocenters. The van der Waals surface area contributed by atoms with Crippen molar-refractivity contribution in [2.24, 2.45) is 0 Å². The fourth-order valence-corrected chi connectivity index (χ4v) is 3.64. The lowest BCUT2D eigenvalue weighted by molar-refractivity contribution is -0.115. The molecule has 5 nitrogen and oxygen atoms in total. The first-order valence-corrected chi connectivity index (χ1v) is 9.25. The van der Waals surface area contributed by atoms with E-state index in [-0.39, 0.29) is 11.8 Å². The molecule has 3 aromatic rings. The summed E-state index contributed by atoms with van der Waals surface area (Å²) in [5.41, 5.74) is 4.21. The summed E-state index contributed by atoms with van der Waals surface area (Å²) in [7, 11) is 0. The Morgan fingerprint density at radius 1 is 1.23 bits per heavy atom. The first-order valence-electron chi connectivity index (χ1n) is 8.00. The highest BCUT2D eigenvalue weighted by Gasteiger charge is 2.18. The predicted molar refractivity (Wildman–Crippen MR) is 103 cm³/mol. The van der Waals surface area contributed by atoms with E-state index in [4.69, 9.17) is 11.6 Å². The zero-order valence-corrected chi connectivity index (χ0v) is 15.2. The minimum atomic E-state index is -0.166. The van der Waals surface area contributed by atoms with Gasteiger partial charge in [0.1, 0.15) is 5.01 Å². The van der Waals surface area contributed by atoms with Gasteiger partial charge in [-0.1, -0.05) is 17.7 Å². The van der Waals surface area contributed by atoms with Crippen LogP contribution in [0.4, 0.5) is 5.69 Å². The fourth-order valence-electron chi connectivity index (χ4n) is 2.77. The van der Waals surface area contributed by atoms with Crippen molar-refractivity contribution in [3.05, 3.63) is 69.0 Å². The van der Waals surface area contributed by atoms with Crippen LogP contribution in [-0.4, -0.2) is 16.8 Å². The molecular weight excluding hydrogens is 370 g/mol. The monoisotopic (exact) mass is 383 g/mol. The van der Waals surface area contributed by atoms with E-state index >= 15 is 0 Å². The molecule has 7 heteroatoms. The highest BCUT2D eigenvalue weighted by molar-refractivity contribution is 7.09. The maximum atomic E-state index is 12.1. The van der Waals surface area contributed by atoms with Gasteiger partial charge in [0.05, 0.1) is 18.7 Å². The summed E-state index contributed by atoms with van der Waals surface area (Å²) in [6.45, 7) is 0.358. The molecule has 26 heavy (non-hydrogen) atoms. The second kappa shape index (κ2) is 6.90. The Balaban J connectivity index is 1.44. The fraction of sp³-hybridized carbons (Fsp3) is 0.105. The lowest BCUT2D eigenvalue weighted by Crippen LogP contribution is -2.22. The quantitative estimate of drug-likeness (QED) is 0.718. The third kappa shape index (κ3) is 3.47. The largest absolute Gasteiger partial charge is 0.346 e. The Hall–Kier alpha value is -2.70. The molecule has 0 atom stereocenters. The number of carbonyl (C=O) groups excluding carboxylic acids is 2. The number of nitrogens with zero attached hydrogens (tertiary/aromatic N) is 1. The number of anilines is 1. The van der Waals surface area contributed by atoms with Crippen LogP contribution in [0.5, 0.6) is 0 Å². The van der Waals surface area contributed by atoms with Gasteiger partial charge in [0.15, 0.2) is 0 Å².